The fourth-order valence-electron chi connectivity index (χ4n) is 4.96. The number of para-hydroxylation sites is 1. The number of aliphatic hydroxyl groups is 2. The van der Waals surface area contributed by atoms with Crippen LogP contribution >= 0.6 is 0 Å². The molecule has 2 aliphatic rings. The van der Waals surface area contributed by atoms with Gasteiger partial charge in [-0.25, -0.2) is 0 Å². The molecule has 0 spiro atoms. The van der Waals surface area contributed by atoms with Crippen LogP contribution in [0.1, 0.15) is 57.4 Å². The Balaban J connectivity index is 1.50. The topological polar surface area (TPSA) is 83.8 Å². The Hall–Kier alpha value is -3.34. The van der Waals surface area contributed by atoms with E-state index in [4.69, 9.17) is 4.74 Å². The largest absolute Gasteiger partial charge is 0.511 e. The lowest BCUT2D eigenvalue weighted by molar-refractivity contribution is -0.129. The predicted molar refractivity (Wildman–Crippen MR) is 126 cm³/mol. The monoisotopic (exact) mass is 446 g/mol. The summed E-state index contributed by atoms with van der Waals surface area (Å²) in [6.07, 6.45) is 4.11. The second-order valence-electron chi connectivity index (χ2n) is 9.00. The highest BCUT2D eigenvalue weighted by molar-refractivity contribution is 6.25. The third-order valence-corrected chi connectivity index (χ3v) is 6.70. The first-order valence-corrected chi connectivity index (χ1v) is 11.7. The number of carbonyl (C=O) groups is 2. The number of ether oxygens (including phenoxy) is 1. The average molecular weight is 447 g/mol. The Kier molecular flexibility index (Phi) is 6.41. The molecule has 4 rings (SSSR count). The first kappa shape index (κ1) is 22.8. The Morgan fingerprint density at radius 1 is 0.970 bits per heavy atom. The van der Waals surface area contributed by atoms with Crippen LogP contribution in [0.25, 0.3) is 0 Å². The summed E-state index contributed by atoms with van der Waals surface area (Å²) in [6, 6.07) is 17.1. The molecule has 2 unspecified atom stereocenters. The minimum Gasteiger partial charge on any atom is -0.511 e. The number of ketones is 2. The van der Waals surface area contributed by atoms with E-state index in [1.165, 1.54) is 6.08 Å². The van der Waals surface area contributed by atoms with Crippen molar-refractivity contribution in [2.75, 3.05) is 0 Å². The van der Waals surface area contributed by atoms with Crippen molar-refractivity contribution in [3.05, 3.63) is 83.3 Å². The van der Waals surface area contributed by atoms with E-state index in [0.717, 1.165) is 11.3 Å². The highest BCUT2D eigenvalue weighted by atomic mass is 16.5. The molecule has 0 amide bonds. The van der Waals surface area contributed by atoms with E-state index < -0.39 is 17.0 Å². The lowest BCUT2D eigenvalue weighted by Gasteiger charge is -2.34. The molecule has 2 atom stereocenters. The second kappa shape index (κ2) is 9.26. The van der Waals surface area contributed by atoms with Gasteiger partial charge >= 0.3 is 0 Å². The molecule has 2 aliphatic carbocycles. The van der Waals surface area contributed by atoms with Crippen LogP contribution in [0, 0.1) is 11.3 Å². The molecule has 0 aliphatic heterocycles. The molecule has 0 radical (unpaired) electrons. The van der Waals surface area contributed by atoms with Crippen molar-refractivity contribution in [3.8, 4) is 11.5 Å². The van der Waals surface area contributed by atoms with Crippen molar-refractivity contribution in [1.82, 2.24) is 0 Å². The van der Waals surface area contributed by atoms with E-state index in [-0.39, 0.29) is 29.0 Å². The molecule has 5 heteroatoms. The van der Waals surface area contributed by atoms with Gasteiger partial charge < -0.3 is 14.9 Å². The maximum Gasteiger partial charge on any atom is 0.183 e. The molecule has 1 fully saturated rings. The van der Waals surface area contributed by atoms with Gasteiger partial charge in [0.15, 0.2) is 11.6 Å². The fourth-order valence-corrected chi connectivity index (χ4v) is 4.96. The fraction of sp³-hybridized carbons (Fsp3) is 0.357. The molecule has 0 heterocycles. The molecule has 2 aromatic carbocycles. The van der Waals surface area contributed by atoms with Gasteiger partial charge in [-0.1, -0.05) is 57.0 Å². The Bertz CT molecular complexity index is 1090. The molecule has 2 aromatic rings. The summed E-state index contributed by atoms with van der Waals surface area (Å²) in [7, 11) is 0. The molecule has 0 aromatic heterocycles. The Morgan fingerprint density at radius 2 is 1.58 bits per heavy atom. The smallest absolute Gasteiger partial charge is 0.183 e. The van der Waals surface area contributed by atoms with Crippen LogP contribution in [0.15, 0.2) is 77.8 Å². The molecule has 172 valence electrons. The molecule has 33 heavy (non-hydrogen) atoms. The van der Waals surface area contributed by atoms with Crippen LogP contribution < -0.4 is 4.74 Å². The lowest BCUT2D eigenvalue weighted by Crippen LogP contribution is -2.40. The summed E-state index contributed by atoms with van der Waals surface area (Å²) in [6.45, 7) is 3.89. The molecular formula is C28H30O5. The number of carbonyl (C=O) groups excluding carboxylic acids is 2. The van der Waals surface area contributed by atoms with Crippen LogP contribution in [-0.2, 0) is 9.59 Å². The third kappa shape index (κ3) is 4.32. The zero-order chi connectivity index (χ0) is 23.6. The average Bonchev–Trinajstić information content (AvgIpc) is 3.60. The van der Waals surface area contributed by atoms with Crippen LogP contribution in [0.3, 0.4) is 0 Å². The van der Waals surface area contributed by atoms with E-state index >= 15 is 0 Å². The molecule has 0 bridgehead atoms. The highest BCUT2D eigenvalue weighted by Gasteiger charge is 2.52. The SMILES string of the molecule is CCCC1(CCC)C(=O)C(C(=O)C2CC2c2ccc(Oc3ccccc3)cc2)=C(O)C=C1O. The summed E-state index contributed by atoms with van der Waals surface area (Å²) in [5.41, 5.74) is -0.253. The van der Waals surface area contributed by atoms with E-state index in [0.29, 0.717) is 37.9 Å². The third-order valence-electron chi connectivity index (χ3n) is 6.70. The molecule has 0 saturated heterocycles. The first-order chi connectivity index (χ1) is 15.9. The minimum atomic E-state index is -1.11. The zero-order valence-electron chi connectivity index (χ0n) is 19.1. The van der Waals surface area contributed by atoms with E-state index in [1.807, 2.05) is 68.4 Å². The van der Waals surface area contributed by atoms with Crippen molar-refractivity contribution < 1.29 is 24.5 Å². The summed E-state index contributed by atoms with van der Waals surface area (Å²) >= 11 is 0. The van der Waals surface area contributed by atoms with Crippen LogP contribution in [0.4, 0.5) is 0 Å². The standard InChI is InChI=1S/C28H30O5/c1-3-14-28(15-4-2)24(30)17-23(29)25(27(28)32)26(31)22-16-21(22)18-10-12-20(13-11-18)33-19-8-6-5-7-9-19/h5-13,17,21-22,29-30H,3-4,14-16H2,1-2H3. The first-order valence-electron chi connectivity index (χ1n) is 11.7. The Morgan fingerprint density at radius 3 is 2.18 bits per heavy atom. The molecule has 1 saturated carbocycles. The normalized spacial score (nSPS) is 21.5. The maximum absolute atomic E-state index is 13.4. The zero-order valence-corrected chi connectivity index (χ0v) is 19.1. The number of Topliss-reactive ketones (excluding diaryl/α,β-unsaturated/α-hetero) is 2. The summed E-state index contributed by atoms with van der Waals surface area (Å²) in [5, 5.41) is 21.0. The van der Waals surface area contributed by atoms with Gasteiger partial charge in [-0.15, -0.1) is 0 Å². The second-order valence-corrected chi connectivity index (χ2v) is 9.00. The van der Waals surface area contributed by atoms with Crippen LogP contribution in [-0.4, -0.2) is 21.8 Å². The highest BCUT2D eigenvalue weighted by Crippen LogP contribution is 2.52. The van der Waals surface area contributed by atoms with E-state index in [2.05, 4.69) is 0 Å². The van der Waals surface area contributed by atoms with Crippen molar-refractivity contribution in [1.29, 1.82) is 0 Å². The van der Waals surface area contributed by atoms with Gasteiger partial charge in [0.05, 0.1) is 5.41 Å². The van der Waals surface area contributed by atoms with Crippen molar-refractivity contribution in [2.24, 2.45) is 11.3 Å². The minimum absolute atomic E-state index is 0.00243. The van der Waals surface area contributed by atoms with Crippen LogP contribution in [0.2, 0.25) is 0 Å². The van der Waals surface area contributed by atoms with Gasteiger partial charge in [-0.2, -0.15) is 0 Å². The van der Waals surface area contributed by atoms with Gasteiger partial charge in [-0.05, 0) is 55.0 Å². The van der Waals surface area contributed by atoms with Crippen molar-refractivity contribution in [3.63, 3.8) is 0 Å². The van der Waals surface area contributed by atoms with Crippen LogP contribution in [0.5, 0.6) is 11.5 Å². The molecular weight excluding hydrogens is 416 g/mol. The summed E-state index contributed by atoms with van der Waals surface area (Å²) < 4.78 is 5.83. The predicted octanol–water partition coefficient (Wildman–Crippen LogP) is 6.57. The number of hydrogen-bond donors (Lipinski definition) is 2. The lowest BCUT2D eigenvalue weighted by atomic mass is 9.68. The quantitative estimate of drug-likeness (QED) is 0.425. The number of allylic oxidation sites excluding steroid dienone is 3. The molecule has 2 N–H and O–H groups in total. The number of benzene rings is 2. The van der Waals surface area contributed by atoms with Gasteiger partial charge in [0, 0.05) is 12.0 Å². The van der Waals surface area contributed by atoms with Gasteiger partial charge in [0.2, 0.25) is 0 Å². The van der Waals surface area contributed by atoms with Gasteiger partial charge in [-0.3, -0.25) is 9.59 Å². The number of rotatable bonds is 9. The van der Waals surface area contributed by atoms with Crippen molar-refractivity contribution >= 4 is 11.6 Å². The van der Waals surface area contributed by atoms with Crippen molar-refractivity contribution in [2.45, 2.75) is 51.9 Å². The maximum atomic E-state index is 13.4. The van der Waals surface area contributed by atoms with E-state index in [1.54, 1.807) is 0 Å². The summed E-state index contributed by atoms with van der Waals surface area (Å²) in [4.78, 5) is 26.7. The number of aliphatic hydroxyl groups excluding tert-OH is 2. The van der Waals surface area contributed by atoms with E-state index in [9.17, 15) is 19.8 Å². The summed E-state index contributed by atoms with van der Waals surface area (Å²) in [5.74, 6) is -0.195. The Labute approximate surface area is 194 Å². The van der Waals surface area contributed by atoms with Gasteiger partial charge in [0.1, 0.15) is 28.6 Å². The number of hydrogen-bond acceptors (Lipinski definition) is 5. The van der Waals surface area contributed by atoms with Gasteiger partial charge in [0.25, 0.3) is 0 Å². The molecule has 5 nitrogen and oxygen atoms in total.